The molecule has 0 radical (unpaired) electrons. The van der Waals surface area contributed by atoms with Gasteiger partial charge in [-0.3, -0.25) is 4.79 Å². The first-order valence-electron chi connectivity index (χ1n) is 7.42. The molecule has 22 heavy (non-hydrogen) atoms. The van der Waals surface area contributed by atoms with Gasteiger partial charge in [0.2, 0.25) is 5.91 Å². The van der Waals surface area contributed by atoms with Crippen molar-refractivity contribution in [2.75, 3.05) is 6.54 Å². The molecule has 1 aromatic heterocycles. The monoisotopic (exact) mass is 316 g/mol. The van der Waals surface area contributed by atoms with Crippen molar-refractivity contribution in [3.63, 3.8) is 0 Å². The van der Waals surface area contributed by atoms with Crippen LogP contribution in [0.5, 0.6) is 0 Å². The summed E-state index contributed by atoms with van der Waals surface area (Å²) < 4.78 is 0. The number of amides is 1. The lowest BCUT2D eigenvalue weighted by Gasteiger charge is -2.23. The molecule has 0 aliphatic heterocycles. The zero-order chi connectivity index (χ0) is 15.6. The van der Waals surface area contributed by atoms with Crippen LogP contribution in [0, 0.1) is 5.41 Å². The molecular weight excluding hydrogens is 296 g/mol. The Bertz CT molecular complexity index is 650. The van der Waals surface area contributed by atoms with E-state index in [0.717, 1.165) is 29.8 Å². The molecular formula is C17H20N2O2S. The Kier molecular flexibility index (Phi) is 4.29. The van der Waals surface area contributed by atoms with Crippen LogP contribution in [0.15, 0.2) is 41.8 Å². The van der Waals surface area contributed by atoms with Gasteiger partial charge in [0.25, 0.3) is 0 Å². The Balaban J connectivity index is 1.55. The Morgan fingerprint density at radius 3 is 2.68 bits per heavy atom. The third-order valence-corrected chi connectivity index (χ3v) is 5.24. The lowest BCUT2D eigenvalue weighted by Crippen LogP contribution is -2.28. The van der Waals surface area contributed by atoms with E-state index in [4.69, 9.17) is 5.73 Å². The first kappa shape index (κ1) is 15.2. The number of carbonyl (C=O) groups excluding carboxylic acids is 1. The Hall–Kier alpha value is -1.69. The highest BCUT2D eigenvalue weighted by Crippen LogP contribution is 2.54. The minimum absolute atomic E-state index is 0.0505. The van der Waals surface area contributed by atoms with E-state index >= 15 is 0 Å². The number of rotatable bonds is 7. The molecule has 0 bridgehead atoms. The largest absolute Gasteiger partial charge is 0.388 e. The lowest BCUT2D eigenvalue weighted by molar-refractivity contribution is 0.0918. The second-order valence-electron chi connectivity index (χ2n) is 5.95. The summed E-state index contributed by atoms with van der Waals surface area (Å²) in [6.07, 6.45) is 1.64. The van der Waals surface area contributed by atoms with E-state index in [1.54, 1.807) is 5.38 Å². The number of nitrogens with one attached hydrogen (secondary N) is 1. The van der Waals surface area contributed by atoms with Crippen LogP contribution in [0.1, 0.15) is 39.7 Å². The predicted molar refractivity (Wildman–Crippen MR) is 87.6 cm³/mol. The van der Waals surface area contributed by atoms with E-state index < -0.39 is 6.10 Å². The molecule has 0 saturated heterocycles. The zero-order valence-electron chi connectivity index (χ0n) is 12.3. The van der Waals surface area contributed by atoms with E-state index in [2.05, 4.69) is 5.32 Å². The average Bonchev–Trinajstić information content (AvgIpc) is 3.16. The van der Waals surface area contributed by atoms with Crippen molar-refractivity contribution in [3.8, 4) is 0 Å². The van der Waals surface area contributed by atoms with Gasteiger partial charge in [-0.15, -0.1) is 11.3 Å². The zero-order valence-corrected chi connectivity index (χ0v) is 13.1. The normalized spacial score (nSPS) is 17.1. The van der Waals surface area contributed by atoms with Gasteiger partial charge in [0.1, 0.15) is 0 Å². The van der Waals surface area contributed by atoms with E-state index in [1.807, 2.05) is 36.4 Å². The molecule has 1 aromatic carbocycles. The number of benzene rings is 1. The SMILES string of the molecule is NC(=O)c1csc(CNCC2(C(O)c3ccccc3)CC2)c1. The second-order valence-corrected chi connectivity index (χ2v) is 6.94. The summed E-state index contributed by atoms with van der Waals surface area (Å²) in [6.45, 7) is 1.47. The molecule has 2 aromatic rings. The van der Waals surface area contributed by atoms with Crippen LogP contribution in [0.2, 0.25) is 0 Å². The number of hydrogen-bond donors (Lipinski definition) is 3. The highest BCUT2D eigenvalue weighted by molar-refractivity contribution is 7.10. The summed E-state index contributed by atoms with van der Waals surface area (Å²) in [7, 11) is 0. The summed E-state index contributed by atoms with van der Waals surface area (Å²) in [5, 5.41) is 15.8. The van der Waals surface area contributed by atoms with Crippen molar-refractivity contribution in [2.45, 2.75) is 25.5 Å². The molecule has 1 aliphatic carbocycles. The van der Waals surface area contributed by atoms with Crippen LogP contribution in [0.4, 0.5) is 0 Å². The number of nitrogens with two attached hydrogens (primary N) is 1. The topological polar surface area (TPSA) is 75.4 Å². The van der Waals surface area contributed by atoms with Crippen LogP contribution in [-0.4, -0.2) is 17.6 Å². The van der Waals surface area contributed by atoms with Crippen LogP contribution >= 0.6 is 11.3 Å². The fourth-order valence-electron chi connectivity index (χ4n) is 2.73. The van der Waals surface area contributed by atoms with Crippen molar-refractivity contribution < 1.29 is 9.90 Å². The second kappa shape index (κ2) is 6.20. The number of thiophene rings is 1. The molecule has 3 rings (SSSR count). The fraction of sp³-hybridized carbons (Fsp3) is 0.353. The maximum atomic E-state index is 11.1. The number of aliphatic hydroxyl groups is 1. The minimum atomic E-state index is -0.425. The van der Waals surface area contributed by atoms with E-state index in [-0.39, 0.29) is 11.3 Å². The third-order valence-electron chi connectivity index (χ3n) is 4.30. The smallest absolute Gasteiger partial charge is 0.249 e. The molecule has 1 saturated carbocycles. The van der Waals surface area contributed by atoms with Gasteiger partial charge in [-0.1, -0.05) is 30.3 Å². The van der Waals surface area contributed by atoms with Crippen molar-refractivity contribution in [3.05, 3.63) is 57.8 Å². The summed E-state index contributed by atoms with van der Waals surface area (Å²) in [5.41, 5.74) is 6.75. The molecule has 4 nitrogen and oxygen atoms in total. The van der Waals surface area contributed by atoms with Crippen molar-refractivity contribution in [1.82, 2.24) is 5.32 Å². The van der Waals surface area contributed by atoms with Crippen LogP contribution in [0.3, 0.4) is 0 Å². The van der Waals surface area contributed by atoms with Crippen molar-refractivity contribution in [1.29, 1.82) is 0 Å². The van der Waals surface area contributed by atoms with Crippen LogP contribution in [-0.2, 0) is 6.54 Å². The number of hydrogen-bond acceptors (Lipinski definition) is 4. The van der Waals surface area contributed by atoms with Gasteiger partial charge >= 0.3 is 0 Å². The Morgan fingerprint density at radius 2 is 2.09 bits per heavy atom. The molecule has 1 unspecified atom stereocenters. The Morgan fingerprint density at radius 1 is 1.36 bits per heavy atom. The molecule has 5 heteroatoms. The van der Waals surface area contributed by atoms with Gasteiger partial charge in [0.05, 0.1) is 11.7 Å². The summed E-state index contributed by atoms with van der Waals surface area (Å²) in [5.74, 6) is -0.388. The van der Waals surface area contributed by atoms with Gasteiger partial charge < -0.3 is 16.2 Å². The van der Waals surface area contributed by atoms with Gasteiger partial charge in [-0.05, 0) is 24.5 Å². The molecule has 116 valence electrons. The molecule has 1 atom stereocenters. The molecule has 4 N–H and O–H groups in total. The first-order chi connectivity index (χ1) is 10.6. The minimum Gasteiger partial charge on any atom is -0.388 e. The van der Waals surface area contributed by atoms with E-state index in [9.17, 15) is 9.90 Å². The molecule has 0 spiro atoms. The van der Waals surface area contributed by atoms with Crippen molar-refractivity contribution in [2.24, 2.45) is 11.1 Å². The van der Waals surface area contributed by atoms with Gasteiger partial charge in [0, 0.05) is 28.8 Å². The van der Waals surface area contributed by atoms with E-state index in [0.29, 0.717) is 12.1 Å². The number of aliphatic hydroxyl groups excluding tert-OH is 1. The summed E-state index contributed by atoms with van der Waals surface area (Å²) in [4.78, 5) is 12.2. The van der Waals surface area contributed by atoms with Crippen LogP contribution < -0.4 is 11.1 Å². The number of carbonyl (C=O) groups is 1. The van der Waals surface area contributed by atoms with Gasteiger partial charge in [-0.25, -0.2) is 0 Å². The lowest BCUT2D eigenvalue weighted by atomic mass is 9.93. The van der Waals surface area contributed by atoms with Gasteiger partial charge in [-0.2, -0.15) is 0 Å². The Labute approximate surface area is 134 Å². The highest BCUT2D eigenvalue weighted by Gasteiger charge is 2.48. The molecule has 1 aliphatic rings. The van der Waals surface area contributed by atoms with Crippen molar-refractivity contribution >= 4 is 17.2 Å². The highest BCUT2D eigenvalue weighted by atomic mass is 32.1. The average molecular weight is 316 g/mol. The summed E-state index contributed by atoms with van der Waals surface area (Å²) in [6, 6.07) is 11.7. The maximum absolute atomic E-state index is 11.1. The maximum Gasteiger partial charge on any atom is 0.249 e. The number of primary amides is 1. The molecule has 1 fully saturated rings. The summed E-state index contributed by atoms with van der Waals surface area (Å²) >= 11 is 1.53. The first-order valence-corrected chi connectivity index (χ1v) is 8.30. The van der Waals surface area contributed by atoms with Crippen LogP contribution in [0.25, 0.3) is 0 Å². The molecule has 1 amide bonds. The van der Waals surface area contributed by atoms with Gasteiger partial charge in [0.15, 0.2) is 0 Å². The third kappa shape index (κ3) is 3.21. The standard InChI is InChI=1S/C17H20N2O2S/c18-16(21)13-8-14(22-10-13)9-19-11-17(6-7-17)15(20)12-4-2-1-3-5-12/h1-5,8,10,15,19-20H,6-7,9,11H2,(H2,18,21). The van der Waals surface area contributed by atoms with E-state index in [1.165, 1.54) is 11.3 Å². The predicted octanol–water partition coefficient (Wildman–Crippen LogP) is 2.45. The fourth-order valence-corrected chi connectivity index (χ4v) is 3.58. The quantitative estimate of drug-likeness (QED) is 0.734. The molecule has 1 heterocycles.